The molecule has 9 heteroatoms. The van der Waals surface area contributed by atoms with Crippen molar-refractivity contribution < 1.29 is 22.7 Å². The third-order valence-electron chi connectivity index (χ3n) is 3.89. The van der Waals surface area contributed by atoms with Crippen molar-refractivity contribution in [2.45, 2.75) is 18.7 Å². The van der Waals surface area contributed by atoms with Gasteiger partial charge in [0.1, 0.15) is 5.75 Å². The average Bonchev–Trinajstić information content (AvgIpc) is 2.67. The number of sulfonamides is 1. The van der Waals surface area contributed by atoms with E-state index in [9.17, 15) is 18.0 Å². The summed E-state index contributed by atoms with van der Waals surface area (Å²) >= 11 is 0. The minimum atomic E-state index is -3.90. The highest BCUT2D eigenvalue weighted by atomic mass is 32.2. The average molecular weight is 405 g/mol. The minimum absolute atomic E-state index is 0.0583. The number of methoxy groups -OCH3 is 1. The van der Waals surface area contributed by atoms with Gasteiger partial charge in [0.2, 0.25) is 5.91 Å². The van der Waals surface area contributed by atoms with Crippen molar-refractivity contribution in [1.29, 1.82) is 0 Å². The van der Waals surface area contributed by atoms with E-state index < -0.39 is 15.9 Å². The first-order valence-corrected chi connectivity index (χ1v) is 10.1. The fraction of sp³-hybridized carbons (Fsp3) is 0.263. The number of anilines is 1. The van der Waals surface area contributed by atoms with Crippen molar-refractivity contribution in [2.75, 3.05) is 24.9 Å². The van der Waals surface area contributed by atoms with Crippen LogP contribution in [0.4, 0.5) is 5.69 Å². The molecule has 0 unspecified atom stereocenters. The van der Waals surface area contributed by atoms with Gasteiger partial charge in [0, 0.05) is 17.8 Å². The van der Waals surface area contributed by atoms with Crippen molar-refractivity contribution in [3.8, 4) is 5.75 Å². The molecule has 0 spiro atoms. The van der Waals surface area contributed by atoms with Crippen molar-refractivity contribution in [3.05, 3.63) is 53.6 Å². The lowest BCUT2D eigenvalue weighted by Crippen LogP contribution is -2.37. The molecule has 0 aliphatic carbocycles. The fourth-order valence-electron chi connectivity index (χ4n) is 2.40. The molecule has 0 aromatic heterocycles. The number of rotatable bonds is 8. The van der Waals surface area contributed by atoms with E-state index in [1.165, 1.54) is 19.2 Å². The highest BCUT2D eigenvalue weighted by Crippen LogP contribution is 2.21. The van der Waals surface area contributed by atoms with E-state index in [0.717, 1.165) is 0 Å². The first-order valence-electron chi connectivity index (χ1n) is 8.59. The predicted molar refractivity (Wildman–Crippen MR) is 106 cm³/mol. The van der Waals surface area contributed by atoms with Crippen LogP contribution >= 0.6 is 0 Å². The minimum Gasteiger partial charge on any atom is -0.497 e. The molecule has 0 saturated heterocycles. The molecule has 0 aliphatic rings. The van der Waals surface area contributed by atoms with Gasteiger partial charge in [-0.25, -0.2) is 8.42 Å². The summed E-state index contributed by atoms with van der Waals surface area (Å²) in [5, 5.41) is 5.05. The number of nitrogens with one attached hydrogen (secondary N) is 3. The highest BCUT2D eigenvalue weighted by molar-refractivity contribution is 7.92. The van der Waals surface area contributed by atoms with E-state index in [2.05, 4.69) is 15.4 Å². The number of amides is 2. The van der Waals surface area contributed by atoms with Crippen LogP contribution in [0.3, 0.4) is 0 Å². The van der Waals surface area contributed by atoms with Crippen LogP contribution in [0.2, 0.25) is 0 Å². The molecule has 2 aromatic rings. The number of carbonyl (C=O) groups is 2. The molecule has 0 saturated carbocycles. The second kappa shape index (κ2) is 9.23. The molecule has 2 amide bonds. The van der Waals surface area contributed by atoms with Gasteiger partial charge >= 0.3 is 0 Å². The summed E-state index contributed by atoms with van der Waals surface area (Å²) in [7, 11) is -2.38. The molecule has 0 aliphatic heterocycles. The Bertz CT molecular complexity index is 956. The van der Waals surface area contributed by atoms with Gasteiger partial charge in [-0.05, 0) is 55.8 Å². The Kier molecular flexibility index (Phi) is 7.00. The third-order valence-corrected chi connectivity index (χ3v) is 5.27. The first kappa shape index (κ1) is 21.2. The zero-order chi connectivity index (χ0) is 20.7. The molecule has 8 nitrogen and oxygen atoms in total. The predicted octanol–water partition coefficient (Wildman–Crippen LogP) is 1.67. The van der Waals surface area contributed by atoms with E-state index >= 15 is 0 Å². The lowest BCUT2D eigenvalue weighted by atomic mass is 10.1. The molecule has 2 aromatic carbocycles. The normalized spacial score (nSPS) is 10.8. The molecule has 3 N–H and O–H groups in total. The number of carbonyl (C=O) groups excluding carboxylic acids is 2. The monoisotopic (exact) mass is 405 g/mol. The van der Waals surface area contributed by atoms with E-state index in [-0.39, 0.29) is 22.9 Å². The van der Waals surface area contributed by atoms with E-state index in [4.69, 9.17) is 4.74 Å². The van der Waals surface area contributed by atoms with Gasteiger partial charge in [-0.2, -0.15) is 0 Å². The van der Waals surface area contributed by atoms with Gasteiger partial charge in [-0.15, -0.1) is 0 Å². The van der Waals surface area contributed by atoms with Gasteiger partial charge in [0.05, 0.1) is 18.6 Å². The van der Waals surface area contributed by atoms with Crippen LogP contribution in [0.1, 0.15) is 22.8 Å². The molecule has 2 rings (SSSR count). The number of hydrogen-bond acceptors (Lipinski definition) is 5. The van der Waals surface area contributed by atoms with Crippen molar-refractivity contribution in [2.24, 2.45) is 0 Å². The lowest BCUT2D eigenvalue weighted by molar-refractivity contribution is -0.120. The van der Waals surface area contributed by atoms with Gasteiger partial charge in [-0.1, -0.05) is 6.07 Å². The molecule has 28 heavy (non-hydrogen) atoms. The zero-order valence-corrected chi connectivity index (χ0v) is 16.7. The maximum absolute atomic E-state index is 12.7. The van der Waals surface area contributed by atoms with Gasteiger partial charge < -0.3 is 15.4 Å². The Labute approximate surface area is 164 Å². The second-order valence-electron chi connectivity index (χ2n) is 5.95. The van der Waals surface area contributed by atoms with Gasteiger partial charge in [0.15, 0.2) is 0 Å². The Morgan fingerprint density at radius 2 is 1.71 bits per heavy atom. The number of likely N-dealkylation sites (N-methyl/N-ethyl adjacent to an activating group) is 1. The topological polar surface area (TPSA) is 114 Å². The Hall–Kier alpha value is -3.07. The summed E-state index contributed by atoms with van der Waals surface area (Å²) in [4.78, 5) is 23.8. The Balaban J connectivity index is 2.19. The number of aryl methyl sites for hydroxylation is 1. The largest absolute Gasteiger partial charge is 0.497 e. The standard InChI is InChI=1S/C19H23N3O5S/c1-4-20-18(23)12-21-19(24)17-11-16(10-5-13(17)2)28(25,26)22-14-6-8-15(27-3)9-7-14/h5-11,22H,4,12H2,1-3H3,(H,20,23)(H,21,24). The van der Waals surface area contributed by atoms with Crippen LogP contribution in [0, 0.1) is 6.92 Å². The summed E-state index contributed by atoms with van der Waals surface area (Å²) in [6, 6.07) is 10.7. The van der Waals surface area contributed by atoms with Crippen LogP contribution in [0.5, 0.6) is 5.75 Å². The maximum Gasteiger partial charge on any atom is 0.261 e. The maximum atomic E-state index is 12.7. The molecular weight excluding hydrogens is 382 g/mol. The molecular formula is C19H23N3O5S. The van der Waals surface area contributed by atoms with Crippen LogP contribution in [0.15, 0.2) is 47.4 Å². The number of hydrogen-bond donors (Lipinski definition) is 3. The summed E-state index contributed by atoms with van der Waals surface area (Å²) in [6.07, 6.45) is 0. The third kappa shape index (κ3) is 5.46. The van der Waals surface area contributed by atoms with Crippen molar-refractivity contribution in [3.63, 3.8) is 0 Å². The summed E-state index contributed by atoms with van der Waals surface area (Å²) in [5.41, 5.74) is 1.14. The number of ether oxygens (including phenoxy) is 1. The second-order valence-corrected chi connectivity index (χ2v) is 7.63. The van der Waals surface area contributed by atoms with E-state index in [1.807, 2.05) is 0 Å². The summed E-state index contributed by atoms with van der Waals surface area (Å²) in [5.74, 6) is -0.243. The molecule has 0 bridgehead atoms. The van der Waals surface area contributed by atoms with Crippen molar-refractivity contribution in [1.82, 2.24) is 10.6 Å². The first-order chi connectivity index (χ1) is 13.3. The molecule has 0 fully saturated rings. The van der Waals surface area contributed by atoms with E-state index in [1.54, 1.807) is 44.2 Å². The smallest absolute Gasteiger partial charge is 0.261 e. The Morgan fingerprint density at radius 1 is 1.04 bits per heavy atom. The Morgan fingerprint density at radius 3 is 2.32 bits per heavy atom. The molecule has 0 heterocycles. The summed E-state index contributed by atoms with van der Waals surface area (Å²) < 4.78 is 32.8. The van der Waals surface area contributed by atoms with Crippen LogP contribution < -0.4 is 20.1 Å². The SMILES string of the molecule is CCNC(=O)CNC(=O)c1cc(S(=O)(=O)Nc2ccc(OC)cc2)ccc1C. The summed E-state index contributed by atoms with van der Waals surface area (Å²) in [6.45, 7) is 3.73. The van der Waals surface area contributed by atoms with Gasteiger partial charge in [0.25, 0.3) is 15.9 Å². The number of benzene rings is 2. The van der Waals surface area contributed by atoms with E-state index in [0.29, 0.717) is 23.5 Å². The van der Waals surface area contributed by atoms with Gasteiger partial charge in [-0.3, -0.25) is 14.3 Å². The lowest BCUT2D eigenvalue weighted by Gasteiger charge is -2.12. The fourth-order valence-corrected chi connectivity index (χ4v) is 3.49. The highest BCUT2D eigenvalue weighted by Gasteiger charge is 2.18. The van der Waals surface area contributed by atoms with Crippen LogP contribution in [-0.4, -0.2) is 40.4 Å². The molecule has 0 atom stereocenters. The van der Waals surface area contributed by atoms with Crippen molar-refractivity contribution >= 4 is 27.5 Å². The molecule has 0 radical (unpaired) electrons. The van der Waals surface area contributed by atoms with Crippen LogP contribution in [-0.2, 0) is 14.8 Å². The zero-order valence-electron chi connectivity index (χ0n) is 15.9. The van der Waals surface area contributed by atoms with Crippen LogP contribution in [0.25, 0.3) is 0 Å². The quantitative estimate of drug-likeness (QED) is 0.618. The molecule has 150 valence electrons.